The second-order valence-corrected chi connectivity index (χ2v) is 4.31. The monoisotopic (exact) mass is 264 g/mol. The molecule has 0 atom stereocenters. The van der Waals surface area contributed by atoms with Crippen molar-refractivity contribution in [2.45, 2.75) is 13.3 Å². The van der Waals surface area contributed by atoms with E-state index < -0.39 is 5.91 Å². The van der Waals surface area contributed by atoms with Gasteiger partial charge in [0.15, 0.2) is 0 Å². The molecule has 0 aliphatic heterocycles. The molecule has 0 aliphatic rings. The molecule has 5 N–H and O–H groups in total. The smallest absolute Gasteiger partial charge is 0.250 e. The molecule has 0 unspecified atom stereocenters. The predicted octanol–water partition coefficient (Wildman–Crippen LogP) is 0.330. The minimum Gasteiger partial charge on any atom is -0.397 e. The Labute approximate surface area is 112 Å². The average molecular weight is 264 g/mol. The number of anilines is 2. The Kier molecular flexibility index (Phi) is 5.17. The van der Waals surface area contributed by atoms with Crippen LogP contribution in [0.1, 0.15) is 23.7 Å². The highest BCUT2D eigenvalue weighted by molar-refractivity contribution is 6.02. The third-order valence-electron chi connectivity index (χ3n) is 2.67. The lowest BCUT2D eigenvalue weighted by Gasteiger charge is -2.22. The van der Waals surface area contributed by atoms with Crippen LogP contribution in [0, 0.1) is 0 Å². The maximum absolute atomic E-state index is 11.7. The molecule has 0 bridgehead atoms. The largest absolute Gasteiger partial charge is 0.397 e. The van der Waals surface area contributed by atoms with Gasteiger partial charge in [0.2, 0.25) is 5.91 Å². The van der Waals surface area contributed by atoms with Gasteiger partial charge >= 0.3 is 0 Å². The number of nitrogens with two attached hydrogens (primary N) is 2. The number of carbonyl (C=O) groups excluding carboxylic acids is 2. The van der Waals surface area contributed by atoms with Crippen LogP contribution in [0.2, 0.25) is 0 Å². The number of hydrogen-bond acceptors (Lipinski definition) is 4. The molecule has 0 fully saturated rings. The third-order valence-corrected chi connectivity index (χ3v) is 2.67. The molecular formula is C13H20N4O2. The summed E-state index contributed by atoms with van der Waals surface area (Å²) in [6, 6.07) is 4.92. The molecule has 104 valence electrons. The van der Waals surface area contributed by atoms with Crippen molar-refractivity contribution in [1.29, 1.82) is 0 Å². The number of nitrogen functional groups attached to an aromatic ring is 1. The first kappa shape index (κ1) is 14.8. The van der Waals surface area contributed by atoms with E-state index in [0.717, 1.165) is 6.42 Å². The summed E-state index contributed by atoms with van der Waals surface area (Å²) in [5, 5.41) is 2.76. The van der Waals surface area contributed by atoms with Gasteiger partial charge < -0.3 is 21.7 Å². The van der Waals surface area contributed by atoms with Gasteiger partial charge in [-0.15, -0.1) is 0 Å². The van der Waals surface area contributed by atoms with Crippen LogP contribution in [0.4, 0.5) is 11.4 Å². The van der Waals surface area contributed by atoms with Gasteiger partial charge in [-0.05, 0) is 18.6 Å². The molecule has 1 aromatic carbocycles. The zero-order chi connectivity index (χ0) is 14.4. The quantitative estimate of drug-likeness (QED) is 0.644. The van der Waals surface area contributed by atoms with Crippen molar-refractivity contribution >= 4 is 23.2 Å². The number of carbonyl (C=O) groups is 2. The fraction of sp³-hybridized carbons (Fsp3) is 0.385. The summed E-state index contributed by atoms with van der Waals surface area (Å²) in [7, 11) is 1.70. The standard InChI is InChI=1S/C13H20N4O2/c1-3-7-16-11(18)8-17(2)12-9(13(15)19)5-4-6-10(12)14/h4-6H,3,7-8,14H2,1-2H3,(H2,15,19)(H,16,18). The number of nitrogens with one attached hydrogen (secondary N) is 1. The average Bonchev–Trinajstić information content (AvgIpc) is 2.35. The van der Waals surface area contributed by atoms with Gasteiger partial charge in [0.25, 0.3) is 5.91 Å². The Balaban J connectivity index is 2.90. The molecule has 0 saturated heterocycles. The van der Waals surface area contributed by atoms with Crippen LogP contribution in [-0.4, -0.2) is 32.0 Å². The fourth-order valence-electron chi connectivity index (χ4n) is 1.80. The Bertz CT molecular complexity index is 474. The molecular weight excluding hydrogens is 244 g/mol. The Hall–Kier alpha value is -2.24. The van der Waals surface area contributed by atoms with Crippen molar-refractivity contribution in [1.82, 2.24) is 5.32 Å². The van der Waals surface area contributed by atoms with Gasteiger partial charge in [-0.3, -0.25) is 9.59 Å². The molecule has 0 aromatic heterocycles. The first-order valence-corrected chi connectivity index (χ1v) is 6.13. The van der Waals surface area contributed by atoms with E-state index in [2.05, 4.69) is 5.32 Å². The number of para-hydroxylation sites is 1. The molecule has 0 saturated carbocycles. The number of nitrogens with zero attached hydrogens (tertiary/aromatic N) is 1. The predicted molar refractivity (Wildman–Crippen MR) is 75.9 cm³/mol. The zero-order valence-corrected chi connectivity index (χ0v) is 11.3. The molecule has 1 rings (SSSR count). The van der Waals surface area contributed by atoms with Crippen LogP contribution in [0.25, 0.3) is 0 Å². The first-order chi connectivity index (χ1) is 8.97. The van der Waals surface area contributed by atoms with Crippen LogP contribution in [0.3, 0.4) is 0 Å². The number of amides is 2. The molecule has 0 aliphatic carbocycles. The van der Waals surface area contributed by atoms with E-state index in [4.69, 9.17) is 11.5 Å². The minimum absolute atomic E-state index is 0.120. The van der Waals surface area contributed by atoms with Crippen LogP contribution in [0.5, 0.6) is 0 Å². The lowest BCUT2D eigenvalue weighted by atomic mass is 10.1. The first-order valence-electron chi connectivity index (χ1n) is 6.13. The Morgan fingerprint density at radius 3 is 2.63 bits per heavy atom. The lowest BCUT2D eigenvalue weighted by molar-refractivity contribution is -0.119. The second-order valence-electron chi connectivity index (χ2n) is 4.31. The SMILES string of the molecule is CCCNC(=O)CN(C)c1c(N)cccc1C(N)=O. The topological polar surface area (TPSA) is 101 Å². The molecule has 1 aromatic rings. The van der Waals surface area contributed by atoms with Crippen molar-refractivity contribution < 1.29 is 9.59 Å². The zero-order valence-electron chi connectivity index (χ0n) is 11.3. The van der Waals surface area contributed by atoms with E-state index in [1.54, 1.807) is 30.1 Å². The summed E-state index contributed by atoms with van der Waals surface area (Å²) in [5.41, 5.74) is 12.4. The third kappa shape index (κ3) is 3.87. The molecule has 6 nitrogen and oxygen atoms in total. The van der Waals surface area contributed by atoms with Gasteiger partial charge in [-0.1, -0.05) is 13.0 Å². The summed E-state index contributed by atoms with van der Waals surface area (Å²) in [4.78, 5) is 24.7. The lowest BCUT2D eigenvalue weighted by Crippen LogP contribution is -2.36. The van der Waals surface area contributed by atoms with Crippen molar-refractivity contribution in [2.24, 2.45) is 5.73 Å². The van der Waals surface area contributed by atoms with Crippen LogP contribution < -0.4 is 21.7 Å². The van der Waals surface area contributed by atoms with E-state index >= 15 is 0 Å². The molecule has 0 heterocycles. The molecule has 6 heteroatoms. The highest BCUT2D eigenvalue weighted by atomic mass is 16.2. The minimum atomic E-state index is -0.567. The van der Waals surface area contributed by atoms with Crippen molar-refractivity contribution in [3.63, 3.8) is 0 Å². The van der Waals surface area contributed by atoms with Crippen LogP contribution in [-0.2, 0) is 4.79 Å². The normalized spacial score (nSPS) is 10.0. The second kappa shape index (κ2) is 6.63. The maximum Gasteiger partial charge on any atom is 0.250 e. The number of primary amides is 1. The number of likely N-dealkylation sites (N-methyl/N-ethyl adjacent to an activating group) is 1. The summed E-state index contributed by atoms with van der Waals surface area (Å²) >= 11 is 0. The summed E-state index contributed by atoms with van der Waals surface area (Å²) in [6.07, 6.45) is 0.871. The number of benzene rings is 1. The van der Waals surface area contributed by atoms with E-state index in [1.807, 2.05) is 6.92 Å². The van der Waals surface area contributed by atoms with Gasteiger partial charge in [0, 0.05) is 13.6 Å². The van der Waals surface area contributed by atoms with Crippen molar-refractivity contribution in [3.05, 3.63) is 23.8 Å². The molecule has 2 amide bonds. The van der Waals surface area contributed by atoms with E-state index in [0.29, 0.717) is 23.5 Å². The van der Waals surface area contributed by atoms with Crippen molar-refractivity contribution in [2.75, 3.05) is 30.8 Å². The van der Waals surface area contributed by atoms with Gasteiger partial charge in [0.1, 0.15) is 0 Å². The number of hydrogen-bond donors (Lipinski definition) is 3. The van der Waals surface area contributed by atoms with Crippen LogP contribution >= 0.6 is 0 Å². The molecule has 19 heavy (non-hydrogen) atoms. The Morgan fingerprint density at radius 1 is 1.37 bits per heavy atom. The summed E-state index contributed by atoms with van der Waals surface area (Å²) in [6.45, 7) is 2.72. The fourth-order valence-corrected chi connectivity index (χ4v) is 1.80. The van der Waals surface area contributed by atoms with Gasteiger partial charge in [-0.25, -0.2) is 0 Å². The van der Waals surface area contributed by atoms with E-state index in [1.165, 1.54) is 0 Å². The van der Waals surface area contributed by atoms with Crippen LogP contribution in [0.15, 0.2) is 18.2 Å². The summed E-state index contributed by atoms with van der Waals surface area (Å²) in [5.74, 6) is -0.689. The van der Waals surface area contributed by atoms with Gasteiger partial charge in [0.05, 0.1) is 23.5 Å². The Morgan fingerprint density at radius 2 is 2.05 bits per heavy atom. The molecule has 0 radical (unpaired) electrons. The highest BCUT2D eigenvalue weighted by Crippen LogP contribution is 2.26. The van der Waals surface area contributed by atoms with E-state index in [9.17, 15) is 9.59 Å². The summed E-state index contributed by atoms with van der Waals surface area (Å²) < 4.78 is 0. The maximum atomic E-state index is 11.7. The number of rotatable bonds is 6. The van der Waals surface area contributed by atoms with Crippen molar-refractivity contribution in [3.8, 4) is 0 Å². The van der Waals surface area contributed by atoms with E-state index in [-0.39, 0.29) is 12.5 Å². The molecule has 0 spiro atoms. The van der Waals surface area contributed by atoms with Gasteiger partial charge in [-0.2, -0.15) is 0 Å². The highest BCUT2D eigenvalue weighted by Gasteiger charge is 2.16.